The molecule has 0 aliphatic rings. The van der Waals surface area contributed by atoms with Crippen LogP contribution < -0.4 is 0 Å². The van der Waals surface area contributed by atoms with Crippen molar-refractivity contribution in [2.45, 2.75) is 0 Å². The second kappa shape index (κ2) is 4.02. The number of hydrogen-bond donors (Lipinski definition) is 0. The lowest BCUT2D eigenvalue weighted by Crippen LogP contribution is -1.93. The molecule has 0 spiro atoms. The lowest BCUT2D eigenvalue weighted by Gasteiger charge is -2.00. The number of rotatable bonds is 1. The summed E-state index contributed by atoms with van der Waals surface area (Å²) in [6.45, 7) is 0. The van der Waals surface area contributed by atoms with Crippen molar-refractivity contribution in [3.8, 4) is 0 Å². The third-order valence-electron chi connectivity index (χ3n) is 1.22. The van der Waals surface area contributed by atoms with Crippen molar-refractivity contribution in [1.82, 2.24) is 0 Å². The molecule has 1 rings (SSSR count). The van der Waals surface area contributed by atoms with Gasteiger partial charge in [0.1, 0.15) is 5.82 Å². The molecular weight excluding hydrogens is 361 g/mol. The van der Waals surface area contributed by atoms with Crippen LogP contribution in [0.4, 0.5) is 4.39 Å². The SMILES string of the molecule is O=C(Cl)c1cc(I)c(F)cc1Br. The first kappa shape index (κ1) is 10.4. The van der Waals surface area contributed by atoms with Crippen molar-refractivity contribution >= 4 is 55.4 Å². The van der Waals surface area contributed by atoms with E-state index in [1.807, 2.05) is 0 Å². The van der Waals surface area contributed by atoms with E-state index < -0.39 is 5.24 Å². The van der Waals surface area contributed by atoms with Gasteiger partial charge in [0.05, 0.1) is 0 Å². The Hall–Kier alpha value is 0.320. The van der Waals surface area contributed by atoms with Gasteiger partial charge in [-0.15, -0.1) is 0 Å². The Bertz CT molecular complexity index is 342. The van der Waals surface area contributed by atoms with Crippen LogP contribution in [0.15, 0.2) is 16.6 Å². The van der Waals surface area contributed by atoms with Gasteiger partial charge in [-0.3, -0.25) is 4.79 Å². The van der Waals surface area contributed by atoms with Gasteiger partial charge >= 0.3 is 0 Å². The van der Waals surface area contributed by atoms with Crippen LogP contribution in [-0.4, -0.2) is 5.24 Å². The van der Waals surface area contributed by atoms with Crippen LogP contribution >= 0.6 is 50.1 Å². The van der Waals surface area contributed by atoms with E-state index in [4.69, 9.17) is 11.6 Å². The van der Waals surface area contributed by atoms with E-state index in [2.05, 4.69) is 15.9 Å². The Morgan fingerprint density at radius 1 is 1.58 bits per heavy atom. The molecule has 0 atom stereocenters. The summed E-state index contributed by atoms with van der Waals surface area (Å²) >= 11 is 10.1. The lowest BCUT2D eigenvalue weighted by molar-refractivity contribution is 0.108. The van der Waals surface area contributed by atoms with Crippen molar-refractivity contribution in [3.05, 3.63) is 31.6 Å². The molecule has 0 bridgehead atoms. The fourth-order valence-electron chi connectivity index (χ4n) is 0.673. The van der Waals surface area contributed by atoms with E-state index in [1.54, 1.807) is 22.6 Å². The van der Waals surface area contributed by atoms with Crippen molar-refractivity contribution in [2.24, 2.45) is 0 Å². The maximum absolute atomic E-state index is 12.8. The predicted molar refractivity (Wildman–Crippen MR) is 57.0 cm³/mol. The molecule has 5 heteroatoms. The summed E-state index contributed by atoms with van der Waals surface area (Å²) in [6.07, 6.45) is 0. The third-order valence-corrected chi connectivity index (χ3v) is 2.91. The Kier molecular flexibility index (Phi) is 3.48. The predicted octanol–water partition coefficient (Wildman–Crippen LogP) is 3.57. The quantitative estimate of drug-likeness (QED) is 0.424. The number of carbonyl (C=O) groups excluding carboxylic acids is 1. The van der Waals surface area contributed by atoms with Crippen LogP contribution in [-0.2, 0) is 0 Å². The molecule has 0 N–H and O–H groups in total. The fourth-order valence-corrected chi connectivity index (χ4v) is 1.91. The largest absolute Gasteiger partial charge is 0.276 e. The number of carbonyl (C=O) groups is 1. The first-order valence-electron chi connectivity index (χ1n) is 2.86. The molecule has 12 heavy (non-hydrogen) atoms. The van der Waals surface area contributed by atoms with Gasteiger partial charge in [0.25, 0.3) is 5.24 Å². The number of halogens is 4. The lowest BCUT2D eigenvalue weighted by atomic mass is 10.2. The van der Waals surface area contributed by atoms with Gasteiger partial charge in [-0.05, 0) is 62.3 Å². The number of hydrogen-bond acceptors (Lipinski definition) is 1. The average Bonchev–Trinajstić information content (AvgIpc) is 1.96. The summed E-state index contributed by atoms with van der Waals surface area (Å²) < 4.78 is 13.6. The molecule has 0 amide bonds. The smallest absolute Gasteiger partial charge is 0.253 e. The minimum absolute atomic E-state index is 0.280. The van der Waals surface area contributed by atoms with Gasteiger partial charge < -0.3 is 0 Å². The molecule has 1 aromatic carbocycles. The minimum Gasteiger partial charge on any atom is -0.276 e. The molecule has 0 radical (unpaired) electrons. The zero-order valence-corrected chi connectivity index (χ0v) is 10.1. The second-order valence-electron chi connectivity index (χ2n) is 2.02. The molecule has 0 heterocycles. The Balaban J connectivity index is 3.33. The highest BCUT2D eigenvalue weighted by atomic mass is 127. The zero-order chi connectivity index (χ0) is 9.30. The van der Waals surface area contributed by atoms with Crippen LogP contribution in [0.5, 0.6) is 0 Å². The topological polar surface area (TPSA) is 17.1 Å². The summed E-state index contributed by atoms with van der Waals surface area (Å²) in [5.41, 5.74) is 0.280. The maximum atomic E-state index is 12.8. The van der Waals surface area contributed by atoms with E-state index in [-0.39, 0.29) is 11.4 Å². The van der Waals surface area contributed by atoms with Gasteiger partial charge in [-0.2, -0.15) is 0 Å². The highest BCUT2D eigenvalue weighted by Crippen LogP contribution is 2.23. The van der Waals surface area contributed by atoms with Gasteiger partial charge in [-0.25, -0.2) is 4.39 Å². The Morgan fingerprint density at radius 3 is 2.67 bits per heavy atom. The normalized spacial score (nSPS) is 10.0. The first-order chi connectivity index (χ1) is 5.52. The minimum atomic E-state index is -0.597. The van der Waals surface area contributed by atoms with E-state index in [0.717, 1.165) is 0 Å². The summed E-state index contributed by atoms with van der Waals surface area (Å²) in [5.74, 6) is -0.371. The summed E-state index contributed by atoms with van der Waals surface area (Å²) in [5, 5.41) is -0.597. The Morgan fingerprint density at radius 2 is 2.17 bits per heavy atom. The van der Waals surface area contributed by atoms with Crippen LogP contribution in [0.2, 0.25) is 0 Å². The van der Waals surface area contributed by atoms with Crippen molar-refractivity contribution < 1.29 is 9.18 Å². The van der Waals surface area contributed by atoms with E-state index in [0.29, 0.717) is 8.04 Å². The zero-order valence-electron chi connectivity index (χ0n) is 5.57. The molecule has 0 unspecified atom stereocenters. The van der Waals surface area contributed by atoms with Gasteiger partial charge in [-0.1, -0.05) is 0 Å². The molecule has 1 nitrogen and oxygen atoms in total. The van der Waals surface area contributed by atoms with E-state index in [1.165, 1.54) is 12.1 Å². The van der Waals surface area contributed by atoms with Crippen LogP contribution in [0, 0.1) is 9.39 Å². The molecule has 0 saturated carbocycles. The molecule has 0 aliphatic carbocycles. The van der Waals surface area contributed by atoms with E-state index >= 15 is 0 Å². The second-order valence-corrected chi connectivity index (χ2v) is 4.38. The van der Waals surface area contributed by atoms with E-state index in [9.17, 15) is 9.18 Å². The molecule has 0 saturated heterocycles. The van der Waals surface area contributed by atoms with Crippen molar-refractivity contribution in [3.63, 3.8) is 0 Å². The molecule has 0 aromatic heterocycles. The van der Waals surface area contributed by atoms with Crippen molar-refractivity contribution in [1.29, 1.82) is 0 Å². The fraction of sp³-hybridized carbons (Fsp3) is 0. The Labute approximate surface area is 95.6 Å². The number of benzene rings is 1. The summed E-state index contributed by atoms with van der Waals surface area (Å²) in [7, 11) is 0. The van der Waals surface area contributed by atoms with Crippen LogP contribution in [0.1, 0.15) is 10.4 Å². The first-order valence-corrected chi connectivity index (χ1v) is 5.11. The highest BCUT2D eigenvalue weighted by molar-refractivity contribution is 14.1. The highest BCUT2D eigenvalue weighted by Gasteiger charge is 2.10. The molecule has 0 fully saturated rings. The molecule has 0 aliphatic heterocycles. The summed E-state index contributed by atoms with van der Waals surface area (Å²) in [4.78, 5) is 10.7. The van der Waals surface area contributed by atoms with Crippen LogP contribution in [0.3, 0.4) is 0 Å². The average molecular weight is 363 g/mol. The molecule has 1 aromatic rings. The van der Waals surface area contributed by atoms with Crippen molar-refractivity contribution in [2.75, 3.05) is 0 Å². The van der Waals surface area contributed by atoms with Crippen LogP contribution in [0.25, 0.3) is 0 Å². The van der Waals surface area contributed by atoms with Gasteiger partial charge in [0.15, 0.2) is 0 Å². The maximum Gasteiger partial charge on any atom is 0.253 e. The van der Waals surface area contributed by atoms with Gasteiger partial charge in [0.2, 0.25) is 0 Å². The third kappa shape index (κ3) is 2.17. The molecule has 64 valence electrons. The molecular formula is C7H2BrClFIO. The van der Waals surface area contributed by atoms with Gasteiger partial charge in [0, 0.05) is 13.6 Å². The standard InChI is InChI=1S/C7H2BrClFIO/c8-4-2-5(10)6(11)1-3(4)7(9)12/h1-2H. The summed E-state index contributed by atoms with van der Waals surface area (Å²) in [6, 6.07) is 2.62. The monoisotopic (exact) mass is 362 g/mol.